The number of amides is 1. The molecule has 0 spiro atoms. The third-order valence-corrected chi connectivity index (χ3v) is 3.44. The van der Waals surface area contributed by atoms with E-state index in [4.69, 9.17) is 0 Å². The number of aryl methyl sites for hydroxylation is 1. The normalized spacial score (nSPS) is 10.7. The number of imidazole rings is 1. The van der Waals surface area contributed by atoms with Crippen molar-refractivity contribution in [2.45, 2.75) is 0 Å². The van der Waals surface area contributed by atoms with Crippen molar-refractivity contribution in [3.05, 3.63) is 46.1 Å². The molecule has 0 atom stereocenters. The molecule has 3 rings (SSSR count). The van der Waals surface area contributed by atoms with Crippen LogP contribution in [0.25, 0.3) is 11.0 Å². The molecule has 0 aliphatic heterocycles. The van der Waals surface area contributed by atoms with Gasteiger partial charge >= 0.3 is 11.7 Å². The zero-order chi connectivity index (χ0) is 16.6. The number of fused-ring (bicyclic) bond motifs is 1. The number of hydrogen-bond acceptors (Lipinski definition) is 5. The zero-order valence-corrected chi connectivity index (χ0v) is 12.3. The van der Waals surface area contributed by atoms with E-state index in [0.29, 0.717) is 16.6 Å². The van der Waals surface area contributed by atoms with Gasteiger partial charge in [0.05, 0.1) is 30.0 Å². The van der Waals surface area contributed by atoms with E-state index < -0.39 is 11.9 Å². The van der Waals surface area contributed by atoms with Gasteiger partial charge in [0, 0.05) is 12.6 Å². The fourth-order valence-electron chi connectivity index (χ4n) is 2.20. The first kappa shape index (κ1) is 14.6. The highest BCUT2D eigenvalue weighted by molar-refractivity contribution is 6.08. The topological polar surface area (TPSA) is 122 Å². The molecular weight excluding hydrogens is 302 g/mol. The van der Waals surface area contributed by atoms with E-state index in [-0.39, 0.29) is 17.1 Å². The standard InChI is InChI=1S/C14H13N5O4/c1-19-10-5-7(3-4-8(10)17-14(19)22)12(20)16-9-6-15-18-11(9)13(21)23-2/h3-6H,1-2H3,(H,15,18)(H,16,20)(H,17,22). The Labute approximate surface area is 129 Å². The second-order valence-corrected chi connectivity index (χ2v) is 4.83. The van der Waals surface area contributed by atoms with Gasteiger partial charge in [-0.3, -0.25) is 14.5 Å². The van der Waals surface area contributed by atoms with E-state index in [1.165, 1.54) is 17.9 Å². The molecule has 3 N–H and O–H groups in total. The first-order valence-electron chi connectivity index (χ1n) is 6.63. The molecule has 0 fully saturated rings. The highest BCUT2D eigenvalue weighted by Crippen LogP contribution is 2.16. The molecule has 23 heavy (non-hydrogen) atoms. The van der Waals surface area contributed by atoms with Crippen LogP contribution in [-0.4, -0.2) is 38.7 Å². The summed E-state index contributed by atoms with van der Waals surface area (Å²) in [4.78, 5) is 38.1. The Morgan fingerprint density at radius 3 is 2.87 bits per heavy atom. The van der Waals surface area contributed by atoms with Crippen molar-refractivity contribution in [3.8, 4) is 0 Å². The minimum absolute atomic E-state index is 0.0518. The molecular formula is C14H13N5O4. The summed E-state index contributed by atoms with van der Waals surface area (Å²) in [5, 5.41) is 8.76. The Kier molecular flexibility index (Phi) is 3.45. The van der Waals surface area contributed by atoms with E-state index in [2.05, 4.69) is 25.2 Å². The maximum absolute atomic E-state index is 12.3. The van der Waals surface area contributed by atoms with Crippen molar-refractivity contribution >= 4 is 28.6 Å². The van der Waals surface area contributed by atoms with E-state index in [9.17, 15) is 14.4 Å². The van der Waals surface area contributed by atoms with Gasteiger partial charge in [0.1, 0.15) is 0 Å². The summed E-state index contributed by atoms with van der Waals surface area (Å²) >= 11 is 0. The molecule has 3 aromatic rings. The van der Waals surface area contributed by atoms with Crippen LogP contribution in [0.2, 0.25) is 0 Å². The lowest BCUT2D eigenvalue weighted by Crippen LogP contribution is -2.15. The molecule has 2 heterocycles. The van der Waals surface area contributed by atoms with Gasteiger partial charge in [0.25, 0.3) is 5.91 Å². The Balaban J connectivity index is 1.92. The first-order valence-corrected chi connectivity index (χ1v) is 6.63. The summed E-state index contributed by atoms with van der Waals surface area (Å²) < 4.78 is 6.00. The summed E-state index contributed by atoms with van der Waals surface area (Å²) in [5.41, 5.74) is 1.57. The largest absolute Gasteiger partial charge is 0.464 e. The predicted octanol–water partition coefficient (Wildman–Crippen LogP) is 0.629. The number of methoxy groups -OCH3 is 1. The predicted molar refractivity (Wildman–Crippen MR) is 81.4 cm³/mol. The van der Waals surface area contributed by atoms with E-state index >= 15 is 0 Å². The van der Waals surface area contributed by atoms with Crippen molar-refractivity contribution < 1.29 is 14.3 Å². The van der Waals surface area contributed by atoms with Crippen LogP contribution in [0, 0.1) is 0 Å². The zero-order valence-electron chi connectivity index (χ0n) is 12.3. The SMILES string of the molecule is COC(=O)c1[nH]ncc1NC(=O)c1ccc2[nH]c(=O)n(C)c2c1. The second kappa shape index (κ2) is 5.44. The van der Waals surface area contributed by atoms with Crippen molar-refractivity contribution in [1.82, 2.24) is 19.7 Å². The number of H-pyrrole nitrogens is 2. The molecule has 0 aliphatic rings. The maximum Gasteiger partial charge on any atom is 0.358 e. The number of aromatic nitrogens is 4. The fourth-order valence-corrected chi connectivity index (χ4v) is 2.20. The highest BCUT2D eigenvalue weighted by atomic mass is 16.5. The molecule has 0 radical (unpaired) electrons. The third kappa shape index (κ3) is 2.48. The lowest BCUT2D eigenvalue weighted by atomic mass is 10.2. The molecule has 9 nitrogen and oxygen atoms in total. The van der Waals surface area contributed by atoms with Crippen molar-refractivity contribution in [3.63, 3.8) is 0 Å². The number of aromatic amines is 2. The monoisotopic (exact) mass is 315 g/mol. The number of carbonyl (C=O) groups is 2. The van der Waals surface area contributed by atoms with Crippen LogP contribution in [0.4, 0.5) is 5.69 Å². The average Bonchev–Trinajstić information content (AvgIpc) is 3.11. The number of rotatable bonds is 3. The first-order chi connectivity index (χ1) is 11.0. The average molecular weight is 315 g/mol. The summed E-state index contributed by atoms with van der Waals surface area (Å²) in [7, 11) is 2.84. The number of nitrogens with zero attached hydrogens (tertiary/aromatic N) is 2. The van der Waals surface area contributed by atoms with Gasteiger partial charge in [0.2, 0.25) is 0 Å². The summed E-state index contributed by atoms with van der Waals surface area (Å²) in [6.07, 6.45) is 1.31. The van der Waals surface area contributed by atoms with Crippen molar-refractivity contribution in [2.24, 2.45) is 7.05 Å². The van der Waals surface area contributed by atoms with E-state index in [0.717, 1.165) is 0 Å². The summed E-state index contributed by atoms with van der Waals surface area (Å²) in [5.74, 6) is -1.08. The summed E-state index contributed by atoms with van der Waals surface area (Å²) in [6.45, 7) is 0. The van der Waals surface area contributed by atoms with Crippen molar-refractivity contribution in [2.75, 3.05) is 12.4 Å². The number of benzene rings is 1. The molecule has 2 aromatic heterocycles. The number of ether oxygens (including phenoxy) is 1. The lowest BCUT2D eigenvalue weighted by Gasteiger charge is -2.05. The lowest BCUT2D eigenvalue weighted by molar-refractivity contribution is 0.0595. The van der Waals surface area contributed by atoms with Gasteiger partial charge in [-0.15, -0.1) is 0 Å². The van der Waals surface area contributed by atoms with Crippen LogP contribution in [0.3, 0.4) is 0 Å². The fraction of sp³-hybridized carbons (Fsp3) is 0.143. The number of esters is 1. The minimum Gasteiger partial charge on any atom is -0.464 e. The maximum atomic E-state index is 12.3. The molecule has 1 amide bonds. The van der Waals surface area contributed by atoms with Crippen LogP contribution < -0.4 is 11.0 Å². The Bertz CT molecular complexity index is 965. The Morgan fingerprint density at radius 2 is 2.13 bits per heavy atom. The molecule has 0 saturated heterocycles. The second-order valence-electron chi connectivity index (χ2n) is 4.83. The van der Waals surface area contributed by atoms with Crippen LogP contribution in [0.5, 0.6) is 0 Å². The molecule has 0 saturated carbocycles. The molecule has 118 valence electrons. The smallest absolute Gasteiger partial charge is 0.358 e. The van der Waals surface area contributed by atoms with Gasteiger partial charge < -0.3 is 15.0 Å². The molecule has 9 heteroatoms. The minimum atomic E-state index is -0.638. The van der Waals surface area contributed by atoms with Gasteiger partial charge in [0.15, 0.2) is 5.69 Å². The Hall–Kier alpha value is -3.36. The number of nitrogens with one attached hydrogen (secondary N) is 3. The number of anilines is 1. The van der Waals surface area contributed by atoms with Crippen LogP contribution >= 0.6 is 0 Å². The van der Waals surface area contributed by atoms with Crippen molar-refractivity contribution in [1.29, 1.82) is 0 Å². The molecule has 1 aromatic carbocycles. The molecule has 0 unspecified atom stereocenters. The highest BCUT2D eigenvalue weighted by Gasteiger charge is 2.17. The molecule has 0 aliphatic carbocycles. The van der Waals surface area contributed by atoms with Gasteiger partial charge in [-0.25, -0.2) is 9.59 Å². The van der Waals surface area contributed by atoms with Gasteiger partial charge in [-0.05, 0) is 18.2 Å². The summed E-state index contributed by atoms with van der Waals surface area (Å²) in [6, 6.07) is 4.80. The van der Waals surface area contributed by atoms with E-state index in [1.807, 2.05) is 0 Å². The number of hydrogen-bond donors (Lipinski definition) is 3. The van der Waals surface area contributed by atoms with Gasteiger partial charge in [-0.1, -0.05) is 0 Å². The quantitative estimate of drug-likeness (QED) is 0.612. The number of carbonyl (C=O) groups excluding carboxylic acids is 2. The van der Waals surface area contributed by atoms with Gasteiger partial charge in [-0.2, -0.15) is 5.10 Å². The van der Waals surface area contributed by atoms with Crippen LogP contribution in [-0.2, 0) is 11.8 Å². The van der Waals surface area contributed by atoms with Crippen LogP contribution in [0.15, 0.2) is 29.2 Å². The molecule has 0 bridgehead atoms. The third-order valence-electron chi connectivity index (χ3n) is 3.44. The Morgan fingerprint density at radius 1 is 1.35 bits per heavy atom. The van der Waals surface area contributed by atoms with E-state index in [1.54, 1.807) is 25.2 Å². The van der Waals surface area contributed by atoms with Crippen LogP contribution in [0.1, 0.15) is 20.8 Å².